The zero-order chi connectivity index (χ0) is 12.8. The molecule has 0 aliphatic heterocycles. The molecule has 0 amide bonds. The molecule has 1 heterocycles. The molecule has 1 aromatic rings. The number of aryl methyl sites for hydroxylation is 1. The van der Waals surface area contributed by atoms with Gasteiger partial charge in [0.2, 0.25) is 0 Å². The fourth-order valence-electron chi connectivity index (χ4n) is 1.99. The van der Waals surface area contributed by atoms with Gasteiger partial charge in [0.25, 0.3) is 0 Å². The minimum atomic E-state index is 0.589. The van der Waals surface area contributed by atoms with Gasteiger partial charge in [0.05, 0.1) is 6.54 Å². The van der Waals surface area contributed by atoms with Crippen LogP contribution in [-0.4, -0.2) is 44.8 Å². The lowest BCUT2D eigenvalue weighted by Crippen LogP contribution is -2.41. The maximum Gasteiger partial charge on any atom is 0.146 e. The Morgan fingerprint density at radius 2 is 1.94 bits per heavy atom. The first-order chi connectivity index (χ1) is 8.02. The van der Waals surface area contributed by atoms with Crippen molar-refractivity contribution in [2.75, 3.05) is 13.1 Å². The maximum atomic E-state index is 4.04. The van der Waals surface area contributed by atoms with Gasteiger partial charge in [0.15, 0.2) is 0 Å². The predicted octanol–water partition coefficient (Wildman–Crippen LogP) is 1.02. The fourth-order valence-corrected chi connectivity index (χ4v) is 1.99. The molecule has 0 radical (unpaired) electrons. The molecule has 0 spiro atoms. The first-order valence-electron chi connectivity index (χ1n) is 6.31. The summed E-state index contributed by atoms with van der Waals surface area (Å²) in [5.41, 5.74) is 0. The van der Waals surface area contributed by atoms with Crippen molar-refractivity contribution in [2.45, 2.75) is 46.3 Å². The summed E-state index contributed by atoms with van der Waals surface area (Å²) >= 11 is 0. The van der Waals surface area contributed by atoms with Gasteiger partial charge in [-0.1, -0.05) is 0 Å². The Labute approximate surface area is 104 Å². The van der Waals surface area contributed by atoms with E-state index in [2.05, 4.69) is 48.1 Å². The Morgan fingerprint density at radius 3 is 2.41 bits per heavy atom. The van der Waals surface area contributed by atoms with Gasteiger partial charge in [-0.2, -0.15) is 0 Å². The average Bonchev–Trinajstić information content (AvgIpc) is 2.63. The number of hydrogen-bond donors (Lipinski definition) is 1. The molecular formula is C12H25N5. The third-order valence-corrected chi connectivity index (χ3v) is 2.96. The summed E-state index contributed by atoms with van der Waals surface area (Å²) in [6, 6.07) is 1.18. The van der Waals surface area contributed by atoms with E-state index in [4.69, 9.17) is 0 Å². The second-order valence-corrected chi connectivity index (χ2v) is 4.96. The molecule has 0 atom stereocenters. The lowest BCUT2D eigenvalue weighted by Gasteiger charge is -2.30. The summed E-state index contributed by atoms with van der Waals surface area (Å²) in [6.45, 7) is 11.8. The molecule has 0 bridgehead atoms. The molecule has 0 aliphatic carbocycles. The fraction of sp³-hybridized carbons (Fsp3) is 0.833. The molecule has 0 saturated carbocycles. The lowest BCUT2D eigenvalue weighted by atomic mass is 10.2. The van der Waals surface area contributed by atoms with Gasteiger partial charge in [0, 0.05) is 32.2 Å². The highest BCUT2D eigenvalue weighted by atomic mass is 15.3. The third-order valence-electron chi connectivity index (χ3n) is 2.96. The van der Waals surface area contributed by atoms with E-state index < -0.39 is 0 Å². The highest BCUT2D eigenvalue weighted by Crippen LogP contribution is 2.03. The van der Waals surface area contributed by atoms with E-state index >= 15 is 0 Å². The lowest BCUT2D eigenvalue weighted by molar-refractivity contribution is 0.175. The molecule has 17 heavy (non-hydrogen) atoms. The molecule has 5 nitrogen and oxygen atoms in total. The van der Waals surface area contributed by atoms with E-state index in [0.29, 0.717) is 12.1 Å². The zero-order valence-corrected chi connectivity index (χ0v) is 11.6. The van der Waals surface area contributed by atoms with Gasteiger partial charge in [-0.3, -0.25) is 4.90 Å². The molecule has 1 N–H and O–H groups in total. The number of aromatic nitrogens is 3. The largest absolute Gasteiger partial charge is 0.320 e. The zero-order valence-electron chi connectivity index (χ0n) is 11.6. The highest BCUT2D eigenvalue weighted by Gasteiger charge is 2.12. The van der Waals surface area contributed by atoms with Crippen molar-refractivity contribution < 1.29 is 0 Å². The molecule has 5 heteroatoms. The van der Waals surface area contributed by atoms with E-state index in [-0.39, 0.29) is 0 Å². The standard InChI is InChI=1S/C12H25N5/c1-10(2)17(11(3)4)7-6-13-8-12-15-14-9-16(12)5/h9-11,13H,6-8H2,1-5H3. The van der Waals surface area contributed by atoms with Crippen LogP contribution in [0.25, 0.3) is 0 Å². The molecule has 0 fully saturated rings. The van der Waals surface area contributed by atoms with Crippen LogP contribution in [0, 0.1) is 0 Å². The van der Waals surface area contributed by atoms with Crippen LogP contribution in [0.2, 0.25) is 0 Å². The minimum absolute atomic E-state index is 0.589. The minimum Gasteiger partial charge on any atom is -0.320 e. The van der Waals surface area contributed by atoms with Gasteiger partial charge in [-0.15, -0.1) is 10.2 Å². The van der Waals surface area contributed by atoms with E-state index in [1.807, 2.05) is 11.6 Å². The van der Waals surface area contributed by atoms with Crippen LogP contribution >= 0.6 is 0 Å². The van der Waals surface area contributed by atoms with Crippen LogP contribution in [0.4, 0.5) is 0 Å². The Kier molecular flexibility index (Phi) is 5.58. The monoisotopic (exact) mass is 239 g/mol. The quantitative estimate of drug-likeness (QED) is 0.722. The van der Waals surface area contributed by atoms with Crippen LogP contribution in [0.1, 0.15) is 33.5 Å². The third kappa shape index (κ3) is 4.44. The summed E-state index contributed by atoms with van der Waals surface area (Å²) in [6.07, 6.45) is 1.73. The predicted molar refractivity (Wildman–Crippen MR) is 69.7 cm³/mol. The van der Waals surface area contributed by atoms with E-state index in [1.165, 1.54) is 0 Å². The highest BCUT2D eigenvalue weighted by molar-refractivity contribution is 4.83. The van der Waals surface area contributed by atoms with Gasteiger partial charge in [-0.25, -0.2) is 0 Å². The number of rotatable bonds is 7. The Bertz CT molecular complexity index is 310. The van der Waals surface area contributed by atoms with E-state index in [1.54, 1.807) is 6.33 Å². The SMILES string of the molecule is CC(C)N(CCNCc1nncn1C)C(C)C. The second-order valence-electron chi connectivity index (χ2n) is 4.96. The Morgan fingerprint density at radius 1 is 1.29 bits per heavy atom. The summed E-state index contributed by atoms with van der Waals surface area (Å²) in [4.78, 5) is 2.48. The van der Waals surface area contributed by atoms with Crippen LogP contribution in [0.3, 0.4) is 0 Å². The first-order valence-corrected chi connectivity index (χ1v) is 6.31. The Balaban J connectivity index is 2.25. The second kappa shape index (κ2) is 6.71. The van der Waals surface area contributed by atoms with Crippen molar-refractivity contribution in [3.8, 4) is 0 Å². The number of hydrogen-bond acceptors (Lipinski definition) is 4. The van der Waals surface area contributed by atoms with Crippen LogP contribution < -0.4 is 5.32 Å². The van der Waals surface area contributed by atoms with Crippen molar-refractivity contribution >= 4 is 0 Å². The molecule has 1 rings (SSSR count). The van der Waals surface area contributed by atoms with Crippen LogP contribution in [-0.2, 0) is 13.6 Å². The number of nitrogens with zero attached hydrogens (tertiary/aromatic N) is 4. The van der Waals surface area contributed by atoms with E-state index in [9.17, 15) is 0 Å². The molecule has 98 valence electrons. The van der Waals surface area contributed by atoms with Crippen molar-refractivity contribution in [1.29, 1.82) is 0 Å². The normalized spacial score (nSPS) is 12.0. The van der Waals surface area contributed by atoms with Crippen LogP contribution in [0.5, 0.6) is 0 Å². The summed E-state index contributed by atoms with van der Waals surface area (Å²) in [7, 11) is 1.96. The van der Waals surface area contributed by atoms with Crippen molar-refractivity contribution in [3.63, 3.8) is 0 Å². The number of nitrogens with one attached hydrogen (secondary N) is 1. The summed E-state index contributed by atoms with van der Waals surface area (Å²) in [5.74, 6) is 0.977. The maximum absolute atomic E-state index is 4.04. The smallest absolute Gasteiger partial charge is 0.146 e. The van der Waals surface area contributed by atoms with Crippen molar-refractivity contribution in [3.05, 3.63) is 12.2 Å². The first kappa shape index (κ1) is 14.1. The topological polar surface area (TPSA) is 46.0 Å². The molecule has 0 saturated heterocycles. The average molecular weight is 239 g/mol. The molecule has 1 aromatic heterocycles. The van der Waals surface area contributed by atoms with E-state index in [0.717, 1.165) is 25.5 Å². The molecule has 0 aliphatic rings. The van der Waals surface area contributed by atoms with Crippen LogP contribution in [0.15, 0.2) is 6.33 Å². The van der Waals surface area contributed by atoms with Gasteiger partial charge in [-0.05, 0) is 27.7 Å². The van der Waals surface area contributed by atoms with Crippen molar-refractivity contribution in [2.24, 2.45) is 7.05 Å². The molecular weight excluding hydrogens is 214 g/mol. The molecule has 0 aromatic carbocycles. The van der Waals surface area contributed by atoms with Gasteiger partial charge in [0.1, 0.15) is 12.2 Å². The van der Waals surface area contributed by atoms with Crippen molar-refractivity contribution in [1.82, 2.24) is 25.0 Å². The Hall–Kier alpha value is -0.940. The van der Waals surface area contributed by atoms with Gasteiger partial charge >= 0.3 is 0 Å². The molecule has 0 unspecified atom stereocenters. The van der Waals surface area contributed by atoms with Gasteiger partial charge < -0.3 is 9.88 Å². The summed E-state index contributed by atoms with van der Waals surface area (Å²) in [5, 5.41) is 11.3. The summed E-state index contributed by atoms with van der Waals surface area (Å²) < 4.78 is 1.94.